The fourth-order valence-electron chi connectivity index (χ4n) is 2.12. The highest BCUT2D eigenvalue weighted by molar-refractivity contribution is 14.1. The number of halogens is 1. The normalized spacial score (nSPS) is 17.8. The van der Waals surface area contributed by atoms with Gasteiger partial charge in [0.25, 0.3) is 5.91 Å². The van der Waals surface area contributed by atoms with Gasteiger partial charge in [0, 0.05) is 14.7 Å². The average Bonchev–Trinajstić information content (AvgIpc) is 2.58. The molecule has 1 aliphatic heterocycles. The summed E-state index contributed by atoms with van der Waals surface area (Å²) >= 11 is 2.24. The third-order valence-corrected chi connectivity index (χ3v) is 3.75. The Labute approximate surface area is 130 Å². The van der Waals surface area contributed by atoms with Gasteiger partial charge in [0.15, 0.2) is 6.17 Å². The third-order valence-electron chi connectivity index (χ3n) is 3.08. The topological polar surface area (TPSA) is 67.5 Å². The van der Waals surface area contributed by atoms with Gasteiger partial charge in [0.2, 0.25) is 0 Å². The van der Waals surface area contributed by atoms with Crippen LogP contribution < -0.4 is 11.1 Å². The van der Waals surface area contributed by atoms with Crippen LogP contribution in [0.5, 0.6) is 0 Å². The Hall–Kier alpha value is -1.73. The second-order valence-electron chi connectivity index (χ2n) is 4.47. The van der Waals surface area contributed by atoms with Crippen LogP contribution in [-0.2, 0) is 4.79 Å². The van der Waals surface area contributed by atoms with Crippen LogP contribution >= 0.6 is 22.6 Å². The van der Waals surface area contributed by atoms with Crippen molar-refractivity contribution in [3.05, 3.63) is 63.2 Å². The minimum absolute atomic E-state index is 0.293. The number of hydrogen-bond donors (Lipinski definition) is 2. The largest absolute Gasteiger partial charge is 0.322 e. The zero-order chi connectivity index (χ0) is 14.1. The smallest absolute Gasteiger partial charge is 0.263 e. The number of benzodiazepines with no additional fused rings is 1. The van der Waals surface area contributed by atoms with Crippen LogP contribution in [0.3, 0.4) is 0 Å². The summed E-state index contributed by atoms with van der Waals surface area (Å²) in [5, 5.41) is 2.82. The van der Waals surface area contributed by atoms with Crippen LogP contribution in [0.1, 0.15) is 11.1 Å². The van der Waals surface area contributed by atoms with Gasteiger partial charge in [-0.2, -0.15) is 0 Å². The first-order chi connectivity index (χ1) is 9.65. The summed E-state index contributed by atoms with van der Waals surface area (Å²) in [6.07, 6.45) is -0.893. The van der Waals surface area contributed by atoms with Gasteiger partial charge in [0.05, 0.1) is 11.4 Å². The fraction of sp³-hybridized carbons (Fsp3) is 0.0667. The quantitative estimate of drug-likeness (QED) is 0.750. The summed E-state index contributed by atoms with van der Waals surface area (Å²) in [5.41, 5.74) is 9.14. The number of fused-ring (bicyclic) bond motifs is 1. The number of hydrogen-bond acceptors (Lipinski definition) is 3. The molecule has 0 bridgehead atoms. The minimum atomic E-state index is -0.893. The van der Waals surface area contributed by atoms with Crippen molar-refractivity contribution in [3.8, 4) is 0 Å². The molecule has 0 spiro atoms. The van der Waals surface area contributed by atoms with Crippen molar-refractivity contribution < 1.29 is 4.79 Å². The number of carbonyl (C=O) groups excluding carboxylic acids is 1. The van der Waals surface area contributed by atoms with Gasteiger partial charge in [-0.05, 0) is 40.8 Å². The molecule has 1 atom stereocenters. The van der Waals surface area contributed by atoms with Crippen LogP contribution in [0.2, 0.25) is 0 Å². The molecule has 0 saturated heterocycles. The van der Waals surface area contributed by atoms with E-state index in [1.807, 2.05) is 48.5 Å². The van der Waals surface area contributed by atoms with Gasteiger partial charge >= 0.3 is 0 Å². The Morgan fingerprint density at radius 2 is 1.90 bits per heavy atom. The summed E-state index contributed by atoms with van der Waals surface area (Å²) < 4.78 is 1.08. The number of anilines is 1. The molecule has 1 aliphatic rings. The number of rotatable bonds is 1. The highest BCUT2D eigenvalue weighted by atomic mass is 127. The molecule has 0 unspecified atom stereocenters. The maximum Gasteiger partial charge on any atom is 0.263 e. The molecule has 0 saturated carbocycles. The highest BCUT2D eigenvalue weighted by Gasteiger charge is 2.23. The van der Waals surface area contributed by atoms with E-state index in [1.54, 1.807) is 0 Å². The van der Waals surface area contributed by atoms with Gasteiger partial charge in [-0.3, -0.25) is 9.79 Å². The van der Waals surface area contributed by atoms with E-state index in [9.17, 15) is 4.79 Å². The van der Waals surface area contributed by atoms with E-state index in [0.29, 0.717) is 0 Å². The molecule has 2 aromatic rings. The van der Waals surface area contributed by atoms with E-state index >= 15 is 0 Å². The highest BCUT2D eigenvalue weighted by Crippen LogP contribution is 2.25. The van der Waals surface area contributed by atoms with Crippen molar-refractivity contribution >= 4 is 39.9 Å². The predicted molar refractivity (Wildman–Crippen MR) is 87.8 cm³/mol. The molecular weight excluding hydrogens is 365 g/mol. The number of nitrogens with one attached hydrogen (secondary N) is 1. The number of nitrogens with two attached hydrogens (primary N) is 1. The van der Waals surface area contributed by atoms with E-state index in [0.717, 1.165) is 26.1 Å². The third kappa shape index (κ3) is 2.46. The number of aliphatic imine (C=N–C) groups is 1. The van der Waals surface area contributed by atoms with Crippen LogP contribution in [0, 0.1) is 3.57 Å². The first-order valence-electron chi connectivity index (χ1n) is 6.15. The number of carbonyl (C=O) groups is 1. The van der Waals surface area contributed by atoms with E-state index in [-0.39, 0.29) is 5.91 Å². The molecule has 20 heavy (non-hydrogen) atoms. The van der Waals surface area contributed by atoms with Crippen molar-refractivity contribution in [2.75, 3.05) is 5.32 Å². The monoisotopic (exact) mass is 377 g/mol. The van der Waals surface area contributed by atoms with Crippen molar-refractivity contribution in [1.29, 1.82) is 0 Å². The Kier molecular flexibility index (Phi) is 3.54. The van der Waals surface area contributed by atoms with Crippen molar-refractivity contribution in [2.45, 2.75) is 6.17 Å². The van der Waals surface area contributed by atoms with Gasteiger partial charge in [-0.25, -0.2) is 0 Å². The Morgan fingerprint density at radius 1 is 1.15 bits per heavy atom. The molecule has 0 fully saturated rings. The summed E-state index contributed by atoms with van der Waals surface area (Å²) in [5.74, 6) is -0.293. The number of benzene rings is 2. The van der Waals surface area contributed by atoms with Crippen molar-refractivity contribution in [2.24, 2.45) is 10.7 Å². The lowest BCUT2D eigenvalue weighted by molar-refractivity contribution is -0.117. The van der Waals surface area contributed by atoms with Crippen LogP contribution in [-0.4, -0.2) is 17.8 Å². The summed E-state index contributed by atoms with van der Waals surface area (Å²) in [6.45, 7) is 0. The molecule has 0 radical (unpaired) electrons. The van der Waals surface area contributed by atoms with E-state index in [2.05, 4.69) is 32.9 Å². The standard InChI is InChI=1S/C15H12IN3O/c16-10-6-7-12-11(8-10)13(9-4-2-1-3-5-9)19-14(17)15(20)18-12/h1-8,14H,17H2,(H,18,20)/t14-/m0/s1. The molecule has 0 aliphatic carbocycles. The molecule has 2 aromatic carbocycles. The molecule has 4 nitrogen and oxygen atoms in total. The molecule has 1 heterocycles. The molecule has 5 heteroatoms. The summed E-state index contributed by atoms with van der Waals surface area (Å²) in [7, 11) is 0. The molecule has 1 amide bonds. The van der Waals surface area contributed by atoms with Crippen LogP contribution in [0.15, 0.2) is 53.5 Å². The van der Waals surface area contributed by atoms with E-state index in [1.165, 1.54) is 0 Å². The SMILES string of the molecule is N[C@H]1N=C(c2ccccc2)c2cc(I)ccc2NC1=O. The Bertz CT molecular complexity index is 698. The molecule has 0 aromatic heterocycles. The number of nitrogens with zero attached hydrogens (tertiary/aromatic N) is 1. The summed E-state index contributed by atoms with van der Waals surface area (Å²) in [6, 6.07) is 15.6. The lowest BCUT2D eigenvalue weighted by Crippen LogP contribution is -2.33. The van der Waals surface area contributed by atoms with E-state index in [4.69, 9.17) is 5.73 Å². The molecular formula is C15H12IN3O. The lowest BCUT2D eigenvalue weighted by atomic mass is 10.0. The summed E-state index contributed by atoms with van der Waals surface area (Å²) in [4.78, 5) is 16.3. The van der Waals surface area contributed by atoms with Crippen LogP contribution in [0.25, 0.3) is 0 Å². The zero-order valence-corrected chi connectivity index (χ0v) is 12.7. The molecule has 3 rings (SSSR count). The Balaban J connectivity index is 2.23. The predicted octanol–water partition coefficient (Wildman–Crippen LogP) is 2.37. The van der Waals surface area contributed by atoms with Crippen molar-refractivity contribution in [1.82, 2.24) is 0 Å². The maximum atomic E-state index is 11.9. The van der Waals surface area contributed by atoms with Gasteiger partial charge in [0.1, 0.15) is 0 Å². The second-order valence-corrected chi connectivity index (χ2v) is 5.71. The number of amides is 1. The molecule has 3 N–H and O–H groups in total. The molecule has 100 valence electrons. The van der Waals surface area contributed by atoms with Crippen LogP contribution in [0.4, 0.5) is 5.69 Å². The first kappa shape index (κ1) is 13.3. The first-order valence-corrected chi connectivity index (χ1v) is 7.22. The van der Waals surface area contributed by atoms with Gasteiger partial charge in [-0.15, -0.1) is 0 Å². The average molecular weight is 377 g/mol. The zero-order valence-electron chi connectivity index (χ0n) is 10.5. The Morgan fingerprint density at radius 3 is 2.65 bits per heavy atom. The van der Waals surface area contributed by atoms with Gasteiger partial charge < -0.3 is 11.1 Å². The maximum absolute atomic E-state index is 11.9. The van der Waals surface area contributed by atoms with Gasteiger partial charge in [-0.1, -0.05) is 30.3 Å². The van der Waals surface area contributed by atoms with E-state index < -0.39 is 6.17 Å². The minimum Gasteiger partial charge on any atom is -0.322 e. The fourth-order valence-corrected chi connectivity index (χ4v) is 2.61. The second kappa shape index (κ2) is 5.34. The lowest BCUT2D eigenvalue weighted by Gasteiger charge is -2.10. The van der Waals surface area contributed by atoms with Crippen molar-refractivity contribution in [3.63, 3.8) is 0 Å².